The Morgan fingerprint density at radius 3 is 2.08 bits per heavy atom. The van der Waals surface area contributed by atoms with Gasteiger partial charge in [-0.2, -0.15) is 0 Å². The summed E-state index contributed by atoms with van der Waals surface area (Å²) >= 11 is 1.87. The van der Waals surface area contributed by atoms with Crippen LogP contribution in [0, 0.1) is 0 Å². The van der Waals surface area contributed by atoms with Gasteiger partial charge in [-0.25, -0.2) is 9.97 Å². The fraction of sp³-hybridized carbons (Fsp3) is 0.0612. The molecule has 0 saturated heterocycles. The van der Waals surface area contributed by atoms with Gasteiger partial charge in [-0.15, -0.1) is 11.3 Å². The molecule has 248 valence electrons. The van der Waals surface area contributed by atoms with Crippen molar-refractivity contribution in [3.05, 3.63) is 163 Å². The van der Waals surface area contributed by atoms with Crippen LogP contribution in [0.4, 0.5) is 0 Å². The van der Waals surface area contributed by atoms with Crippen LogP contribution in [0.1, 0.15) is 25.0 Å². The minimum Gasteiger partial charge on any atom is -0.276 e. The van der Waals surface area contributed by atoms with Crippen LogP contribution in [0.2, 0.25) is 0 Å². The molecule has 12 rings (SSSR count). The zero-order valence-corrected chi connectivity index (χ0v) is 30.0. The highest BCUT2D eigenvalue weighted by atomic mass is 32.1. The van der Waals surface area contributed by atoms with Gasteiger partial charge < -0.3 is 0 Å². The van der Waals surface area contributed by atoms with Crippen molar-refractivity contribution in [1.82, 2.24) is 14.5 Å². The van der Waals surface area contributed by atoms with Crippen LogP contribution >= 0.6 is 11.3 Å². The third kappa shape index (κ3) is 3.83. The summed E-state index contributed by atoms with van der Waals surface area (Å²) in [7, 11) is 0. The third-order valence-electron chi connectivity index (χ3n) is 11.8. The summed E-state index contributed by atoms with van der Waals surface area (Å²) in [6.45, 7) is 4.69. The van der Waals surface area contributed by atoms with E-state index in [9.17, 15) is 0 Å². The van der Waals surface area contributed by atoms with Crippen molar-refractivity contribution in [2.75, 3.05) is 0 Å². The van der Waals surface area contributed by atoms with Crippen LogP contribution in [0.25, 0.3) is 103 Å². The zero-order chi connectivity index (χ0) is 35.0. The molecule has 0 radical (unpaired) electrons. The molecule has 0 N–H and O–H groups in total. The highest BCUT2D eigenvalue weighted by Crippen LogP contribution is 2.51. The van der Waals surface area contributed by atoms with Gasteiger partial charge in [-0.05, 0) is 62.7 Å². The molecule has 3 aromatic heterocycles. The largest absolute Gasteiger partial charge is 0.276 e. The van der Waals surface area contributed by atoms with Gasteiger partial charge in [0.05, 0.1) is 26.9 Å². The van der Waals surface area contributed by atoms with E-state index in [0.29, 0.717) is 5.95 Å². The molecule has 0 amide bonds. The smallest absolute Gasteiger partial charge is 0.235 e. The van der Waals surface area contributed by atoms with E-state index in [1.807, 2.05) is 11.3 Å². The van der Waals surface area contributed by atoms with Crippen LogP contribution in [0.3, 0.4) is 0 Å². The molecule has 8 aromatic carbocycles. The van der Waals surface area contributed by atoms with E-state index < -0.39 is 0 Å². The van der Waals surface area contributed by atoms with Gasteiger partial charge in [-0.1, -0.05) is 141 Å². The van der Waals surface area contributed by atoms with Gasteiger partial charge in [-0.3, -0.25) is 4.57 Å². The second-order valence-electron chi connectivity index (χ2n) is 14.9. The normalized spacial score (nSPS) is 13.6. The number of hydrogen-bond acceptors (Lipinski definition) is 3. The number of benzene rings is 8. The van der Waals surface area contributed by atoms with Crippen LogP contribution in [0.5, 0.6) is 0 Å². The van der Waals surface area contributed by atoms with Gasteiger partial charge in [0, 0.05) is 48.0 Å². The Kier molecular flexibility index (Phi) is 5.72. The first kappa shape index (κ1) is 29.2. The molecule has 0 atom stereocenters. The fourth-order valence-corrected chi connectivity index (χ4v) is 10.6. The van der Waals surface area contributed by atoms with Crippen molar-refractivity contribution in [3.8, 4) is 28.3 Å². The van der Waals surface area contributed by atoms with E-state index in [-0.39, 0.29) is 5.41 Å². The van der Waals surface area contributed by atoms with E-state index in [2.05, 4.69) is 170 Å². The SMILES string of the molecule is CC1(C)c2ccccc2-c2ccc(-c3nc(-n4c5ccccc5c5c6ccccc6c6c7ccccc7sc6c54)nc4c3ccc3ccccc34)cc21. The second kappa shape index (κ2) is 10.4. The van der Waals surface area contributed by atoms with Crippen LogP contribution in [-0.2, 0) is 5.41 Å². The highest BCUT2D eigenvalue weighted by Gasteiger charge is 2.35. The molecule has 0 bridgehead atoms. The van der Waals surface area contributed by atoms with E-state index >= 15 is 0 Å². The predicted octanol–water partition coefficient (Wildman–Crippen LogP) is 13.4. The molecule has 3 heterocycles. The molecule has 4 heteroatoms. The minimum absolute atomic E-state index is 0.124. The van der Waals surface area contributed by atoms with Gasteiger partial charge in [0.25, 0.3) is 0 Å². The summed E-state index contributed by atoms with van der Waals surface area (Å²) in [5.41, 5.74) is 10.5. The fourth-order valence-electron chi connectivity index (χ4n) is 9.36. The Balaban J connectivity index is 1.25. The van der Waals surface area contributed by atoms with Gasteiger partial charge in [0.2, 0.25) is 5.95 Å². The summed E-state index contributed by atoms with van der Waals surface area (Å²) in [5.74, 6) is 0.687. The Bertz CT molecular complexity index is 3380. The Morgan fingerprint density at radius 1 is 0.528 bits per heavy atom. The van der Waals surface area contributed by atoms with Crippen LogP contribution in [0.15, 0.2) is 152 Å². The number of para-hydroxylation sites is 1. The van der Waals surface area contributed by atoms with Gasteiger partial charge in [0.15, 0.2) is 0 Å². The summed E-state index contributed by atoms with van der Waals surface area (Å²) in [6.07, 6.45) is 0. The summed E-state index contributed by atoms with van der Waals surface area (Å²) < 4.78 is 4.90. The molecule has 1 aliphatic rings. The van der Waals surface area contributed by atoms with Gasteiger partial charge >= 0.3 is 0 Å². The van der Waals surface area contributed by atoms with Crippen molar-refractivity contribution in [2.45, 2.75) is 19.3 Å². The molecular formula is C49H31N3S. The number of fused-ring (bicyclic) bond motifs is 16. The molecular weight excluding hydrogens is 663 g/mol. The summed E-state index contributed by atoms with van der Waals surface area (Å²) in [5, 5.41) is 10.9. The summed E-state index contributed by atoms with van der Waals surface area (Å²) in [6, 6.07) is 55.3. The molecule has 0 saturated carbocycles. The van der Waals surface area contributed by atoms with Crippen LogP contribution in [-0.4, -0.2) is 14.5 Å². The lowest BCUT2D eigenvalue weighted by molar-refractivity contribution is 0.660. The monoisotopic (exact) mass is 693 g/mol. The van der Waals surface area contributed by atoms with E-state index in [4.69, 9.17) is 9.97 Å². The Morgan fingerprint density at radius 2 is 1.21 bits per heavy atom. The minimum atomic E-state index is -0.124. The lowest BCUT2D eigenvalue weighted by atomic mass is 9.82. The second-order valence-corrected chi connectivity index (χ2v) is 16.0. The number of rotatable bonds is 2. The maximum absolute atomic E-state index is 5.64. The molecule has 0 fully saturated rings. The molecule has 1 aliphatic carbocycles. The number of nitrogens with zero attached hydrogens (tertiary/aromatic N) is 3. The predicted molar refractivity (Wildman–Crippen MR) is 225 cm³/mol. The first-order valence-corrected chi connectivity index (χ1v) is 19.1. The van der Waals surface area contributed by atoms with Crippen molar-refractivity contribution in [3.63, 3.8) is 0 Å². The number of thiophene rings is 1. The van der Waals surface area contributed by atoms with Crippen molar-refractivity contribution >= 4 is 85.8 Å². The maximum atomic E-state index is 5.64. The Labute approximate surface area is 309 Å². The molecule has 0 spiro atoms. The standard InChI is InChI=1S/C49H31N3S/c1-49(2)38-20-10-7-15-31(38)32-25-24-29(27-39(32)49)44-37-26-23-28-13-3-4-14-30(28)45(37)51-48(50-44)52-40-21-11-8-18-35(40)42-33-16-5-6-17-34(33)43-36-19-9-12-22-41(36)53-47(43)46(42)52/h3-27H,1-2H3. The van der Waals surface area contributed by atoms with Crippen molar-refractivity contribution in [2.24, 2.45) is 0 Å². The first-order chi connectivity index (χ1) is 26.1. The number of hydrogen-bond donors (Lipinski definition) is 0. The van der Waals surface area contributed by atoms with Crippen molar-refractivity contribution in [1.29, 1.82) is 0 Å². The first-order valence-electron chi connectivity index (χ1n) is 18.3. The quantitative estimate of drug-likeness (QED) is 0.169. The highest BCUT2D eigenvalue weighted by molar-refractivity contribution is 7.27. The number of aromatic nitrogens is 3. The third-order valence-corrected chi connectivity index (χ3v) is 13.0. The molecule has 53 heavy (non-hydrogen) atoms. The molecule has 0 unspecified atom stereocenters. The lowest BCUT2D eigenvalue weighted by Crippen LogP contribution is -2.15. The van der Waals surface area contributed by atoms with Crippen molar-refractivity contribution < 1.29 is 0 Å². The Hall–Kier alpha value is -6.36. The van der Waals surface area contributed by atoms with E-state index in [1.165, 1.54) is 69.4 Å². The topological polar surface area (TPSA) is 30.7 Å². The lowest BCUT2D eigenvalue weighted by Gasteiger charge is -2.22. The average Bonchev–Trinajstić information content (AvgIpc) is 3.84. The molecule has 11 aromatic rings. The molecule has 3 nitrogen and oxygen atoms in total. The zero-order valence-electron chi connectivity index (χ0n) is 29.2. The van der Waals surface area contributed by atoms with Gasteiger partial charge in [0.1, 0.15) is 0 Å². The molecule has 0 aliphatic heterocycles. The van der Waals surface area contributed by atoms with E-state index in [0.717, 1.165) is 38.6 Å². The summed E-state index contributed by atoms with van der Waals surface area (Å²) in [4.78, 5) is 11.2. The maximum Gasteiger partial charge on any atom is 0.235 e. The average molecular weight is 694 g/mol. The van der Waals surface area contributed by atoms with E-state index in [1.54, 1.807) is 0 Å². The van der Waals surface area contributed by atoms with Crippen LogP contribution < -0.4 is 0 Å².